The van der Waals surface area contributed by atoms with Crippen LogP contribution in [0.4, 0.5) is 0 Å². The standard InChI is InChI=1S/C22H16N2O7/c1-29-18-10-13(9-14(11-23)22(28)30-2)7-8-17(18)31-19(25)12-24-20(26)15-5-3-4-6-16(15)21(24)27/h3-10H,12H2,1-2H3/b14-9+. The highest BCUT2D eigenvalue weighted by Crippen LogP contribution is 2.30. The van der Waals surface area contributed by atoms with Gasteiger partial charge in [-0.15, -0.1) is 0 Å². The minimum Gasteiger partial charge on any atom is -0.493 e. The molecule has 0 fully saturated rings. The zero-order chi connectivity index (χ0) is 22.5. The van der Waals surface area contributed by atoms with Crippen LogP contribution in [-0.4, -0.2) is 49.4 Å². The maximum absolute atomic E-state index is 12.4. The van der Waals surface area contributed by atoms with Crippen LogP contribution < -0.4 is 9.47 Å². The maximum Gasteiger partial charge on any atom is 0.348 e. The van der Waals surface area contributed by atoms with Gasteiger partial charge in [-0.2, -0.15) is 5.26 Å². The van der Waals surface area contributed by atoms with E-state index >= 15 is 0 Å². The number of carbonyl (C=O) groups is 4. The Morgan fingerprint density at radius 3 is 2.23 bits per heavy atom. The molecule has 0 saturated carbocycles. The summed E-state index contributed by atoms with van der Waals surface area (Å²) in [5.41, 5.74) is 0.666. The summed E-state index contributed by atoms with van der Waals surface area (Å²) < 4.78 is 15.0. The largest absolute Gasteiger partial charge is 0.493 e. The fourth-order valence-corrected chi connectivity index (χ4v) is 2.94. The Kier molecular flexibility index (Phi) is 6.12. The monoisotopic (exact) mass is 420 g/mol. The first-order valence-corrected chi connectivity index (χ1v) is 8.93. The second-order valence-corrected chi connectivity index (χ2v) is 6.29. The van der Waals surface area contributed by atoms with Crippen molar-refractivity contribution in [3.8, 4) is 17.6 Å². The van der Waals surface area contributed by atoms with Crippen molar-refractivity contribution in [1.82, 2.24) is 4.90 Å². The number of carbonyl (C=O) groups excluding carboxylic acids is 4. The van der Waals surface area contributed by atoms with Gasteiger partial charge in [0.05, 0.1) is 25.3 Å². The number of hydrogen-bond acceptors (Lipinski definition) is 8. The highest BCUT2D eigenvalue weighted by atomic mass is 16.6. The van der Waals surface area contributed by atoms with E-state index in [2.05, 4.69) is 4.74 Å². The summed E-state index contributed by atoms with van der Waals surface area (Å²) in [6.07, 6.45) is 1.29. The van der Waals surface area contributed by atoms with E-state index in [9.17, 15) is 19.2 Å². The number of methoxy groups -OCH3 is 2. The molecule has 2 amide bonds. The van der Waals surface area contributed by atoms with E-state index in [0.717, 1.165) is 12.0 Å². The summed E-state index contributed by atoms with van der Waals surface area (Å²) in [6, 6.07) is 12.4. The number of nitriles is 1. The van der Waals surface area contributed by atoms with Gasteiger partial charge in [0.2, 0.25) is 0 Å². The number of esters is 2. The van der Waals surface area contributed by atoms with E-state index in [4.69, 9.17) is 14.7 Å². The molecule has 2 aromatic carbocycles. The molecule has 0 aromatic heterocycles. The fraction of sp³-hybridized carbons (Fsp3) is 0.136. The van der Waals surface area contributed by atoms with Crippen LogP contribution in [0.5, 0.6) is 11.5 Å². The van der Waals surface area contributed by atoms with Gasteiger partial charge in [-0.25, -0.2) is 9.59 Å². The molecule has 0 aliphatic carbocycles. The number of rotatable bonds is 6. The van der Waals surface area contributed by atoms with Crippen LogP contribution in [-0.2, 0) is 14.3 Å². The van der Waals surface area contributed by atoms with Crippen molar-refractivity contribution in [1.29, 1.82) is 5.26 Å². The molecule has 0 bridgehead atoms. The molecule has 1 aliphatic heterocycles. The van der Waals surface area contributed by atoms with E-state index in [1.54, 1.807) is 18.2 Å². The number of nitrogens with zero attached hydrogens (tertiary/aromatic N) is 2. The lowest BCUT2D eigenvalue weighted by Gasteiger charge is -2.14. The summed E-state index contributed by atoms with van der Waals surface area (Å²) in [5, 5.41) is 9.05. The van der Waals surface area contributed by atoms with Crippen molar-refractivity contribution < 1.29 is 33.4 Å². The zero-order valence-electron chi connectivity index (χ0n) is 16.6. The molecule has 0 saturated heterocycles. The van der Waals surface area contributed by atoms with Crippen LogP contribution in [0.1, 0.15) is 26.3 Å². The summed E-state index contributed by atoms with van der Waals surface area (Å²) >= 11 is 0. The second-order valence-electron chi connectivity index (χ2n) is 6.29. The van der Waals surface area contributed by atoms with Gasteiger partial charge in [-0.3, -0.25) is 14.5 Å². The predicted octanol–water partition coefficient (Wildman–Crippen LogP) is 1.98. The average Bonchev–Trinajstić information content (AvgIpc) is 3.02. The third-order valence-corrected chi connectivity index (χ3v) is 4.41. The topological polar surface area (TPSA) is 123 Å². The molecular weight excluding hydrogens is 404 g/mol. The Labute approximate surface area is 177 Å². The van der Waals surface area contributed by atoms with Crippen molar-refractivity contribution in [2.24, 2.45) is 0 Å². The Hall–Kier alpha value is -4.45. The smallest absolute Gasteiger partial charge is 0.348 e. The predicted molar refractivity (Wildman–Crippen MR) is 106 cm³/mol. The normalized spacial score (nSPS) is 12.8. The second kappa shape index (κ2) is 8.92. The number of fused-ring (bicyclic) bond motifs is 1. The molecule has 156 valence electrons. The van der Waals surface area contributed by atoms with E-state index < -0.39 is 30.3 Å². The Morgan fingerprint density at radius 2 is 1.68 bits per heavy atom. The van der Waals surface area contributed by atoms with Crippen LogP contribution in [0.2, 0.25) is 0 Å². The lowest BCUT2D eigenvalue weighted by molar-refractivity contribution is -0.136. The zero-order valence-corrected chi connectivity index (χ0v) is 16.6. The molecule has 1 aliphatic rings. The van der Waals surface area contributed by atoms with Gasteiger partial charge in [-0.1, -0.05) is 18.2 Å². The van der Waals surface area contributed by atoms with E-state index in [0.29, 0.717) is 5.56 Å². The third-order valence-electron chi connectivity index (χ3n) is 4.41. The van der Waals surface area contributed by atoms with Gasteiger partial charge in [0.25, 0.3) is 11.8 Å². The van der Waals surface area contributed by atoms with Crippen LogP contribution in [0.15, 0.2) is 48.0 Å². The minimum absolute atomic E-state index is 0.0397. The molecule has 0 radical (unpaired) electrons. The van der Waals surface area contributed by atoms with Gasteiger partial charge >= 0.3 is 11.9 Å². The van der Waals surface area contributed by atoms with Gasteiger partial charge in [0.15, 0.2) is 11.5 Å². The number of amides is 2. The van der Waals surface area contributed by atoms with Crippen LogP contribution in [0.25, 0.3) is 6.08 Å². The molecule has 2 aromatic rings. The SMILES string of the molecule is COC(=O)/C(C#N)=C/c1ccc(OC(=O)CN2C(=O)c3ccccc3C2=O)c(OC)c1. The fourth-order valence-electron chi connectivity index (χ4n) is 2.94. The van der Waals surface area contributed by atoms with Crippen LogP contribution >= 0.6 is 0 Å². The Bertz CT molecular complexity index is 1130. The summed E-state index contributed by atoms with van der Waals surface area (Å²) in [5.74, 6) is -2.60. The number of imide groups is 1. The molecule has 3 rings (SSSR count). The van der Waals surface area contributed by atoms with Crippen molar-refractivity contribution >= 4 is 29.8 Å². The summed E-state index contributed by atoms with van der Waals surface area (Å²) in [6.45, 7) is -0.571. The molecule has 9 heteroatoms. The Morgan fingerprint density at radius 1 is 1.03 bits per heavy atom. The minimum atomic E-state index is -0.844. The molecule has 0 N–H and O–H groups in total. The van der Waals surface area contributed by atoms with Crippen molar-refractivity contribution in [2.45, 2.75) is 0 Å². The highest BCUT2D eigenvalue weighted by molar-refractivity contribution is 6.22. The first-order chi connectivity index (χ1) is 14.9. The molecular formula is C22H16N2O7. The first-order valence-electron chi connectivity index (χ1n) is 8.93. The van der Waals surface area contributed by atoms with E-state index in [-0.39, 0.29) is 28.2 Å². The third kappa shape index (κ3) is 4.28. The number of benzene rings is 2. The van der Waals surface area contributed by atoms with Gasteiger partial charge in [0.1, 0.15) is 18.2 Å². The molecule has 9 nitrogen and oxygen atoms in total. The quantitative estimate of drug-likeness (QED) is 0.229. The van der Waals surface area contributed by atoms with Crippen molar-refractivity contribution in [3.05, 3.63) is 64.7 Å². The van der Waals surface area contributed by atoms with E-state index in [1.807, 2.05) is 0 Å². The molecule has 0 unspecified atom stereocenters. The maximum atomic E-state index is 12.4. The van der Waals surface area contributed by atoms with Gasteiger partial charge in [0, 0.05) is 0 Å². The lowest BCUT2D eigenvalue weighted by Crippen LogP contribution is -2.36. The van der Waals surface area contributed by atoms with Gasteiger partial charge < -0.3 is 14.2 Å². The molecule has 31 heavy (non-hydrogen) atoms. The lowest BCUT2D eigenvalue weighted by atomic mass is 10.1. The molecule has 0 spiro atoms. The van der Waals surface area contributed by atoms with Gasteiger partial charge in [-0.05, 0) is 35.9 Å². The average molecular weight is 420 g/mol. The molecule has 1 heterocycles. The van der Waals surface area contributed by atoms with E-state index in [1.165, 1.54) is 43.5 Å². The van der Waals surface area contributed by atoms with Crippen molar-refractivity contribution in [2.75, 3.05) is 20.8 Å². The summed E-state index contributed by atoms with van der Waals surface area (Å²) in [7, 11) is 2.50. The van der Waals surface area contributed by atoms with Crippen LogP contribution in [0, 0.1) is 11.3 Å². The molecule has 0 atom stereocenters. The van der Waals surface area contributed by atoms with Crippen molar-refractivity contribution in [3.63, 3.8) is 0 Å². The number of ether oxygens (including phenoxy) is 3. The highest BCUT2D eigenvalue weighted by Gasteiger charge is 2.36. The van der Waals surface area contributed by atoms with Crippen LogP contribution in [0.3, 0.4) is 0 Å². The number of hydrogen-bond donors (Lipinski definition) is 0. The first kappa shape index (κ1) is 21.3. The Balaban J connectivity index is 1.76. The summed E-state index contributed by atoms with van der Waals surface area (Å²) in [4.78, 5) is 49.5.